The van der Waals surface area contributed by atoms with Crippen LogP contribution in [0, 0.1) is 0 Å². The summed E-state index contributed by atoms with van der Waals surface area (Å²) in [5.74, 6) is 1.31. The van der Waals surface area contributed by atoms with E-state index in [1.165, 1.54) is 6.08 Å². The van der Waals surface area contributed by atoms with Crippen LogP contribution in [-0.2, 0) is 0 Å². The number of aliphatic hydroxyl groups excluding tert-OH is 1. The Hall–Kier alpha value is -1.48. The molecule has 0 saturated carbocycles. The maximum Gasteiger partial charge on any atom is 0.125 e. The van der Waals surface area contributed by atoms with Gasteiger partial charge in [-0.2, -0.15) is 0 Å². The van der Waals surface area contributed by atoms with Crippen molar-refractivity contribution in [3.05, 3.63) is 36.4 Å². The molecule has 0 unspecified atom stereocenters. The van der Waals surface area contributed by atoms with Gasteiger partial charge >= 0.3 is 0 Å². The highest BCUT2D eigenvalue weighted by molar-refractivity contribution is 5.42. The molecule has 0 bridgehead atoms. The van der Waals surface area contributed by atoms with Gasteiger partial charge in [-0.1, -0.05) is 6.08 Å². The van der Waals surface area contributed by atoms with E-state index in [0.29, 0.717) is 17.1 Å². The van der Waals surface area contributed by atoms with Crippen molar-refractivity contribution in [2.24, 2.45) is 0 Å². The molecular formula is C11H14O3. The Morgan fingerprint density at radius 3 is 2.57 bits per heavy atom. The number of hydrogen-bond donors (Lipinski definition) is 1. The Bertz CT molecular complexity index is 320. The predicted octanol–water partition coefficient (Wildman–Crippen LogP) is 1.92. The molecule has 1 aromatic carbocycles. The van der Waals surface area contributed by atoms with Gasteiger partial charge in [0.05, 0.1) is 14.2 Å². The summed E-state index contributed by atoms with van der Waals surface area (Å²) in [6.45, 7) is 3.52. The zero-order chi connectivity index (χ0) is 10.6. The third kappa shape index (κ3) is 2.06. The van der Waals surface area contributed by atoms with Crippen LogP contribution in [0.25, 0.3) is 0 Å². The third-order valence-corrected chi connectivity index (χ3v) is 1.98. The predicted molar refractivity (Wildman–Crippen MR) is 54.7 cm³/mol. The number of hydrogen-bond acceptors (Lipinski definition) is 3. The first-order chi connectivity index (χ1) is 6.72. The van der Waals surface area contributed by atoms with Crippen LogP contribution in [0.5, 0.6) is 11.5 Å². The van der Waals surface area contributed by atoms with Crippen LogP contribution in [0.2, 0.25) is 0 Å². The minimum absolute atomic E-state index is 0.623. The molecule has 1 atom stereocenters. The Balaban J connectivity index is 3.14. The Morgan fingerprint density at radius 2 is 2.07 bits per heavy atom. The summed E-state index contributed by atoms with van der Waals surface area (Å²) in [5, 5.41) is 9.61. The zero-order valence-corrected chi connectivity index (χ0v) is 8.36. The molecule has 0 spiro atoms. The topological polar surface area (TPSA) is 38.7 Å². The van der Waals surface area contributed by atoms with Gasteiger partial charge in [0, 0.05) is 5.56 Å². The molecule has 0 aromatic heterocycles. The summed E-state index contributed by atoms with van der Waals surface area (Å²) >= 11 is 0. The van der Waals surface area contributed by atoms with Crippen LogP contribution >= 0.6 is 0 Å². The highest BCUT2D eigenvalue weighted by Gasteiger charge is 2.10. The van der Waals surface area contributed by atoms with E-state index in [-0.39, 0.29) is 0 Å². The van der Waals surface area contributed by atoms with Gasteiger partial charge in [-0.15, -0.1) is 6.58 Å². The van der Waals surface area contributed by atoms with E-state index in [0.717, 1.165) is 0 Å². The molecule has 0 aliphatic heterocycles. The lowest BCUT2D eigenvalue weighted by molar-refractivity contribution is 0.222. The molecule has 1 aromatic rings. The van der Waals surface area contributed by atoms with Crippen LogP contribution < -0.4 is 9.47 Å². The van der Waals surface area contributed by atoms with Gasteiger partial charge in [0.25, 0.3) is 0 Å². The molecule has 0 aliphatic carbocycles. The van der Waals surface area contributed by atoms with E-state index in [1.807, 2.05) is 0 Å². The first kappa shape index (κ1) is 10.6. The molecule has 14 heavy (non-hydrogen) atoms. The van der Waals surface area contributed by atoms with E-state index >= 15 is 0 Å². The number of ether oxygens (including phenoxy) is 2. The molecule has 0 fully saturated rings. The van der Waals surface area contributed by atoms with Crippen molar-refractivity contribution in [3.8, 4) is 11.5 Å². The number of benzene rings is 1. The van der Waals surface area contributed by atoms with Gasteiger partial charge in [0.2, 0.25) is 0 Å². The first-order valence-electron chi connectivity index (χ1n) is 4.25. The van der Waals surface area contributed by atoms with E-state index in [2.05, 4.69) is 6.58 Å². The SMILES string of the molecule is C=C[C@H](O)c1cc(OC)ccc1OC. The van der Waals surface area contributed by atoms with Gasteiger partial charge in [0.15, 0.2) is 0 Å². The average Bonchev–Trinajstić information content (AvgIpc) is 2.27. The molecule has 0 radical (unpaired) electrons. The van der Waals surface area contributed by atoms with Gasteiger partial charge in [-0.3, -0.25) is 0 Å². The number of rotatable bonds is 4. The molecule has 3 heteroatoms. The van der Waals surface area contributed by atoms with E-state index < -0.39 is 6.10 Å². The van der Waals surface area contributed by atoms with Crippen molar-refractivity contribution >= 4 is 0 Å². The summed E-state index contributed by atoms with van der Waals surface area (Å²) in [6, 6.07) is 5.25. The lowest BCUT2D eigenvalue weighted by Crippen LogP contribution is -1.98. The fraction of sp³-hybridized carbons (Fsp3) is 0.273. The van der Waals surface area contributed by atoms with E-state index in [4.69, 9.17) is 9.47 Å². The second kappa shape index (κ2) is 4.67. The molecule has 1 rings (SSSR count). The van der Waals surface area contributed by atoms with Crippen molar-refractivity contribution in [1.29, 1.82) is 0 Å². The normalized spacial score (nSPS) is 11.9. The summed E-state index contributed by atoms with van der Waals surface area (Å²) in [5.41, 5.74) is 0.654. The fourth-order valence-electron chi connectivity index (χ4n) is 1.20. The minimum atomic E-state index is -0.736. The quantitative estimate of drug-likeness (QED) is 0.744. The lowest BCUT2D eigenvalue weighted by Gasteiger charge is -2.12. The molecule has 0 amide bonds. The Kier molecular flexibility index (Phi) is 3.54. The van der Waals surface area contributed by atoms with Crippen molar-refractivity contribution < 1.29 is 14.6 Å². The summed E-state index contributed by atoms with van der Waals surface area (Å²) < 4.78 is 10.2. The van der Waals surface area contributed by atoms with Crippen LogP contribution in [0.1, 0.15) is 11.7 Å². The highest BCUT2D eigenvalue weighted by atomic mass is 16.5. The largest absolute Gasteiger partial charge is 0.497 e. The third-order valence-electron chi connectivity index (χ3n) is 1.98. The standard InChI is InChI=1S/C11H14O3/c1-4-10(12)9-7-8(13-2)5-6-11(9)14-3/h4-7,10,12H,1H2,2-3H3/t10-/m0/s1. The molecule has 3 nitrogen and oxygen atoms in total. The zero-order valence-electron chi connectivity index (χ0n) is 8.36. The van der Waals surface area contributed by atoms with Gasteiger partial charge in [-0.25, -0.2) is 0 Å². The molecule has 0 aliphatic rings. The van der Waals surface area contributed by atoms with Crippen LogP contribution in [0.15, 0.2) is 30.9 Å². The van der Waals surface area contributed by atoms with Crippen molar-refractivity contribution in [2.45, 2.75) is 6.10 Å². The fourth-order valence-corrected chi connectivity index (χ4v) is 1.20. The summed E-state index contributed by atoms with van der Waals surface area (Å²) in [6.07, 6.45) is 0.706. The maximum atomic E-state index is 9.61. The first-order valence-corrected chi connectivity index (χ1v) is 4.25. The Morgan fingerprint density at radius 1 is 1.36 bits per heavy atom. The second-order valence-electron chi connectivity index (χ2n) is 2.79. The van der Waals surface area contributed by atoms with Crippen LogP contribution in [-0.4, -0.2) is 19.3 Å². The van der Waals surface area contributed by atoms with Gasteiger partial charge in [0.1, 0.15) is 17.6 Å². The van der Waals surface area contributed by atoms with Gasteiger partial charge < -0.3 is 14.6 Å². The Labute approximate surface area is 83.6 Å². The van der Waals surface area contributed by atoms with E-state index in [9.17, 15) is 5.11 Å². The van der Waals surface area contributed by atoms with Crippen LogP contribution in [0.3, 0.4) is 0 Å². The van der Waals surface area contributed by atoms with E-state index in [1.54, 1.807) is 32.4 Å². The van der Waals surface area contributed by atoms with Crippen molar-refractivity contribution in [1.82, 2.24) is 0 Å². The van der Waals surface area contributed by atoms with Gasteiger partial charge in [-0.05, 0) is 18.2 Å². The summed E-state index contributed by atoms with van der Waals surface area (Å²) in [7, 11) is 3.13. The lowest BCUT2D eigenvalue weighted by atomic mass is 10.1. The van der Waals surface area contributed by atoms with Crippen molar-refractivity contribution in [3.63, 3.8) is 0 Å². The average molecular weight is 194 g/mol. The minimum Gasteiger partial charge on any atom is -0.497 e. The monoisotopic (exact) mass is 194 g/mol. The number of aliphatic hydroxyl groups is 1. The molecular weight excluding hydrogens is 180 g/mol. The molecule has 76 valence electrons. The molecule has 1 N–H and O–H groups in total. The summed E-state index contributed by atoms with van der Waals surface area (Å²) in [4.78, 5) is 0. The smallest absolute Gasteiger partial charge is 0.125 e. The molecule has 0 heterocycles. The molecule has 0 saturated heterocycles. The highest BCUT2D eigenvalue weighted by Crippen LogP contribution is 2.29. The number of methoxy groups -OCH3 is 2. The second-order valence-corrected chi connectivity index (χ2v) is 2.79. The van der Waals surface area contributed by atoms with Crippen LogP contribution in [0.4, 0.5) is 0 Å². The maximum absolute atomic E-state index is 9.61. The van der Waals surface area contributed by atoms with Crippen molar-refractivity contribution in [2.75, 3.05) is 14.2 Å².